The molecule has 0 spiro atoms. The zero-order valence-electron chi connectivity index (χ0n) is 16.2. The van der Waals surface area contributed by atoms with Gasteiger partial charge in [-0.2, -0.15) is 0 Å². The van der Waals surface area contributed by atoms with Crippen molar-refractivity contribution in [2.45, 2.75) is 70.9 Å². The number of ether oxygens (including phenoxy) is 1. The normalized spacial score (nSPS) is 18.5. The number of nitrogens with zero attached hydrogens (tertiary/aromatic N) is 1. The van der Waals surface area contributed by atoms with Gasteiger partial charge in [0.2, 0.25) is 0 Å². The number of hydrogen-bond acceptors (Lipinski definition) is 2. The number of rotatable bonds is 6. The van der Waals surface area contributed by atoms with E-state index in [1.54, 1.807) is 18.4 Å². The van der Waals surface area contributed by atoms with Gasteiger partial charge < -0.3 is 14.6 Å². The van der Waals surface area contributed by atoms with Crippen LogP contribution in [0.25, 0.3) is 10.9 Å². The Morgan fingerprint density at radius 3 is 2.77 bits per heavy atom. The van der Waals surface area contributed by atoms with Gasteiger partial charge in [-0.3, -0.25) is 0 Å². The van der Waals surface area contributed by atoms with Crippen LogP contribution in [0.15, 0.2) is 18.2 Å². The van der Waals surface area contributed by atoms with Crippen molar-refractivity contribution in [3.8, 4) is 5.75 Å². The van der Waals surface area contributed by atoms with Crippen molar-refractivity contribution >= 4 is 23.3 Å². The highest BCUT2D eigenvalue weighted by molar-refractivity contribution is 5.87. The van der Waals surface area contributed by atoms with Gasteiger partial charge in [-0.25, -0.2) is 0 Å². The summed E-state index contributed by atoms with van der Waals surface area (Å²) in [5.74, 6) is 1.87. The molecule has 2 aliphatic rings. The molecule has 0 bridgehead atoms. The lowest BCUT2D eigenvalue weighted by Crippen LogP contribution is -2.33. The largest absolute Gasteiger partial charge is 0.497 e. The van der Waals surface area contributed by atoms with Gasteiger partial charge in [0.15, 0.2) is 0 Å². The first kappa shape index (κ1) is 19.6. The minimum atomic E-state index is 0. The number of benzene rings is 1. The number of nitrogens with one attached hydrogen (secondary N) is 1. The quantitative estimate of drug-likeness (QED) is 0.757. The maximum atomic E-state index is 5.49. The minimum Gasteiger partial charge on any atom is -0.497 e. The number of fused-ring (bicyclic) bond motifs is 3. The Morgan fingerprint density at radius 1 is 1.19 bits per heavy atom. The summed E-state index contributed by atoms with van der Waals surface area (Å²) in [5.41, 5.74) is 4.51. The SMILES string of the molecule is COc1ccc2c(c1)c(CC(C)NCC1CCCCC1)c1n2CCC1.Cl. The van der Waals surface area contributed by atoms with E-state index in [-0.39, 0.29) is 12.4 Å². The van der Waals surface area contributed by atoms with E-state index >= 15 is 0 Å². The van der Waals surface area contributed by atoms with E-state index in [9.17, 15) is 0 Å². The highest BCUT2D eigenvalue weighted by Crippen LogP contribution is 2.34. The van der Waals surface area contributed by atoms with Crippen LogP contribution >= 0.6 is 12.4 Å². The molecule has 0 saturated heterocycles. The Balaban J connectivity index is 0.00000196. The van der Waals surface area contributed by atoms with Gasteiger partial charge in [0.1, 0.15) is 5.75 Å². The fourth-order valence-electron chi connectivity index (χ4n) is 4.89. The van der Waals surface area contributed by atoms with Crippen LogP contribution in [0.5, 0.6) is 5.75 Å². The van der Waals surface area contributed by atoms with Gasteiger partial charge in [0, 0.05) is 29.2 Å². The summed E-state index contributed by atoms with van der Waals surface area (Å²) in [4.78, 5) is 0. The molecule has 2 heterocycles. The Hall–Kier alpha value is -1.19. The molecule has 4 heteroatoms. The third kappa shape index (κ3) is 3.89. The molecule has 1 saturated carbocycles. The molecule has 1 fully saturated rings. The second-order valence-corrected chi connectivity index (χ2v) is 8.08. The van der Waals surface area contributed by atoms with E-state index in [4.69, 9.17) is 4.74 Å². The van der Waals surface area contributed by atoms with Crippen molar-refractivity contribution in [3.05, 3.63) is 29.5 Å². The Labute approximate surface area is 163 Å². The van der Waals surface area contributed by atoms with Gasteiger partial charge >= 0.3 is 0 Å². The summed E-state index contributed by atoms with van der Waals surface area (Å²) >= 11 is 0. The number of aryl methyl sites for hydroxylation is 1. The molecule has 4 rings (SSSR count). The monoisotopic (exact) mass is 376 g/mol. The Bertz CT molecular complexity index is 733. The molecule has 1 aromatic heterocycles. The molecule has 1 aliphatic carbocycles. The molecule has 144 valence electrons. The van der Waals surface area contributed by atoms with Crippen molar-refractivity contribution < 1.29 is 4.74 Å². The van der Waals surface area contributed by atoms with Crippen LogP contribution in [-0.4, -0.2) is 24.3 Å². The van der Waals surface area contributed by atoms with Gasteiger partial charge in [-0.15, -0.1) is 12.4 Å². The van der Waals surface area contributed by atoms with Crippen molar-refractivity contribution in [2.24, 2.45) is 5.92 Å². The molecule has 1 aromatic carbocycles. The van der Waals surface area contributed by atoms with Crippen molar-refractivity contribution in [1.29, 1.82) is 0 Å². The molecule has 1 unspecified atom stereocenters. The predicted octanol–water partition coefficient (Wildman–Crippen LogP) is 5.12. The molecular formula is C22H33ClN2O. The molecule has 0 radical (unpaired) electrons. The van der Waals surface area contributed by atoms with Gasteiger partial charge in [0.25, 0.3) is 0 Å². The highest BCUT2D eigenvalue weighted by Gasteiger charge is 2.23. The molecule has 0 amide bonds. The topological polar surface area (TPSA) is 26.2 Å². The zero-order valence-corrected chi connectivity index (χ0v) is 17.0. The van der Waals surface area contributed by atoms with Crippen LogP contribution in [0.2, 0.25) is 0 Å². The first-order valence-corrected chi connectivity index (χ1v) is 10.2. The maximum Gasteiger partial charge on any atom is 0.119 e. The average Bonchev–Trinajstić information content (AvgIpc) is 3.23. The first-order valence-electron chi connectivity index (χ1n) is 10.2. The van der Waals surface area contributed by atoms with Crippen molar-refractivity contribution in [3.63, 3.8) is 0 Å². The minimum absolute atomic E-state index is 0. The van der Waals surface area contributed by atoms with Crippen LogP contribution in [0.3, 0.4) is 0 Å². The molecule has 2 aromatic rings. The van der Waals surface area contributed by atoms with Crippen LogP contribution in [0, 0.1) is 5.92 Å². The maximum absolute atomic E-state index is 5.49. The second kappa shape index (κ2) is 8.67. The Kier molecular flexibility index (Phi) is 6.52. The third-order valence-electron chi connectivity index (χ3n) is 6.28. The lowest BCUT2D eigenvalue weighted by Gasteiger charge is -2.24. The molecule has 1 aliphatic heterocycles. The lowest BCUT2D eigenvalue weighted by molar-refractivity contribution is 0.330. The Morgan fingerprint density at radius 2 is 2.00 bits per heavy atom. The van der Waals surface area contributed by atoms with Crippen LogP contribution < -0.4 is 10.1 Å². The summed E-state index contributed by atoms with van der Waals surface area (Å²) in [6.07, 6.45) is 10.8. The van der Waals surface area contributed by atoms with E-state index in [1.165, 1.54) is 68.9 Å². The number of methoxy groups -OCH3 is 1. The summed E-state index contributed by atoms with van der Waals surface area (Å²) in [7, 11) is 1.76. The van der Waals surface area contributed by atoms with Crippen molar-refractivity contribution in [2.75, 3.05) is 13.7 Å². The molecular weight excluding hydrogens is 344 g/mol. The molecule has 1 atom stereocenters. The standard InChI is InChI=1S/C22H32N2O.ClH/c1-16(23-15-17-7-4-3-5-8-17)13-19-20-14-18(25-2)10-11-22(20)24-12-6-9-21(19)24;/h10-11,14,16-17,23H,3-9,12-13,15H2,1-2H3;1H. The van der Waals surface area contributed by atoms with Crippen LogP contribution in [-0.2, 0) is 19.4 Å². The fraction of sp³-hybridized carbons (Fsp3) is 0.636. The van der Waals surface area contributed by atoms with E-state index in [0.29, 0.717) is 6.04 Å². The van der Waals surface area contributed by atoms with Crippen LogP contribution in [0.4, 0.5) is 0 Å². The number of aromatic nitrogens is 1. The van der Waals surface area contributed by atoms with Crippen molar-refractivity contribution in [1.82, 2.24) is 9.88 Å². The number of halogens is 1. The molecule has 3 nitrogen and oxygen atoms in total. The van der Waals surface area contributed by atoms with Gasteiger partial charge in [-0.1, -0.05) is 19.3 Å². The summed E-state index contributed by atoms with van der Waals surface area (Å²) in [6, 6.07) is 7.11. The highest BCUT2D eigenvalue weighted by atomic mass is 35.5. The second-order valence-electron chi connectivity index (χ2n) is 8.08. The fourth-order valence-corrected chi connectivity index (χ4v) is 4.89. The molecule has 1 N–H and O–H groups in total. The van der Waals surface area contributed by atoms with E-state index in [0.717, 1.165) is 18.1 Å². The smallest absolute Gasteiger partial charge is 0.119 e. The molecule has 26 heavy (non-hydrogen) atoms. The number of hydrogen-bond donors (Lipinski definition) is 1. The predicted molar refractivity (Wildman–Crippen MR) is 112 cm³/mol. The van der Waals surface area contributed by atoms with Gasteiger partial charge in [-0.05, 0) is 75.3 Å². The van der Waals surface area contributed by atoms with E-state index < -0.39 is 0 Å². The summed E-state index contributed by atoms with van der Waals surface area (Å²) < 4.78 is 8.02. The summed E-state index contributed by atoms with van der Waals surface area (Å²) in [5, 5.41) is 5.24. The third-order valence-corrected chi connectivity index (χ3v) is 6.28. The van der Waals surface area contributed by atoms with E-state index in [1.807, 2.05) is 0 Å². The lowest BCUT2D eigenvalue weighted by atomic mass is 9.89. The first-order chi connectivity index (χ1) is 12.3. The van der Waals surface area contributed by atoms with Crippen LogP contribution in [0.1, 0.15) is 56.7 Å². The zero-order chi connectivity index (χ0) is 17.2. The summed E-state index contributed by atoms with van der Waals surface area (Å²) in [6.45, 7) is 4.72. The van der Waals surface area contributed by atoms with E-state index in [2.05, 4.69) is 35.0 Å². The van der Waals surface area contributed by atoms with Gasteiger partial charge in [0.05, 0.1) is 7.11 Å². The average molecular weight is 377 g/mol.